The first-order valence-electron chi connectivity index (χ1n) is 6.78. The zero-order valence-corrected chi connectivity index (χ0v) is 12.7. The maximum atomic E-state index is 11.7. The van der Waals surface area contributed by atoms with Crippen LogP contribution in [0, 0.1) is 6.92 Å². The van der Waals surface area contributed by atoms with Crippen LogP contribution in [-0.2, 0) is 9.53 Å². The van der Waals surface area contributed by atoms with E-state index in [9.17, 15) is 9.59 Å². The fraction of sp³-hybridized carbons (Fsp3) is 0.188. The van der Waals surface area contributed by atoms with Gasteiger partial charge in [-0.25, -0.2) is 10.2 Å². The van der Waals surface area contributed by atoms with E-state index in [1.807, 2.05) is 0 Å². The lowest BCUT2D eigenvalue weighted by molar-refractivity contribution is -0.142. The summed E-state index contributed by atoms with van der Waals surface area (Å²) >= 11 is 0. The van der Waals surface area contributed by atoms with Crippen LogP contribution in [0.15, 0.2) is 45.9 Å². The Morgan fingerprint density at radius 1 is 1.22 bits per heavy atom. The Kier molecular flexibility index (Phi) is 5.51. The number of hydrogen-bond donors (Lipinski definition) is 1. The summed E-state index contributed by atoms with van der Waals surface area (Å²) in [5.74, 6) is 0.509. The van der Waals surface area contributed by atoms with E-state index in [1.54, 1.807) is 43.3 Å². The zero-order chi connectivity index (χ0) is 16.7. The Balaban J connectivity index is 1.85. The predicted octanol–water partition coefficient (Wildman–Crippen LogP) is 1.90. The molecule has 0 radical (unpaired) electrons. The molecule has 0 spiro atoms. The van der Waals surface area contributed by atoms with Gasteiger partial charge in [0.15, 0.2) is 12.4 Å². The summed E-state index contributed by atoms with van der Waals surface area (Å²) < 4.78 is 14.9. The van der Waals surface area contributed by atoms with E-state index in [1.165, 1.54) is 13.3 Å². The van der Waals surface area contributed by atoms with Gasteiger partial charge in [-0.05, 0) is 48.9 Å². The third-order valence-electron chi connectivity index (χ3n) is 2.81. The van der Waals surface area contributed by atoms with Crippen molar-refractivity contribution in [2.24, 2.45) is 5.10 Å². The molecule has 0 saturated carbocycles. The Labute approximate surface area is 132 Å². The van der Waals surface area contributed by atoms with Crippen molar-refractivity contribution in [3.05, 3.63) is 53.5 Å². The van der Waals surface area contributed by atoms with Gasteiger partial charge in [-0.2, -0.15) is 5.10 Å². The van der Waals surface area contributed by atoms with Crippen LogP contribution >= 0.6 is 0 Å². The van der Waals surface area contributed by atoms with Crippen LogP contribution in [0.5, 0.6) is 5.75 Å². The van der Waals surface area contributed by atoms with Gasteiger partial charge in [-0.15, -0.1) is 0 Å². The second-order valence-corrected chi connectivity index (χ2v) is 4.54. The minimum absolute atomic E-state index is 0.150. The van der Waals surface area contributed by atoms with Gasteiger partial charge >= 0.3 is 11.9 Å². The second kappa shape index (κ2) is 7.79. The fourth-order valence-electron chi connectivity index (χ4n) is 1.63. The SMILES string of the molecule is COC(=O)COc1ccc(/C=N\NC(=O)c2ccc(C)o2)cc1. The number of furan rings is 1. The van der Waals surface area contributed by atoms with Gasteiger partial charge in [0.2, 0.25) is 0 Å². The maximum Gasteiger partial charge on any atom is 0.343 e. The van der Waals surface area contributed by atoms with Gasteiger partial charge in [-0.1, -0.05) is 0 Å². The minimum Gasteiger partial charge on any atom is -0.482 e. The number of benzene rings is 1. The van der Waals surface area contributed by atoms with Crippen LogP contribution in [0.2, 0.25) is 0 Å². The number of nitrogens with one attached hydrogen (secondary N) is 1. The lowest BCUT2D eigenvalue weighted by atomic mass is 10.2. The molecule has 1 heterocycles. The van der Waals surface area contributed by atoms with Crippen LogP contribution in [0.1, 0.15) is 21.9 Å². The van der Waals surface area contributed by atoms with Crippen molar-refractivity contribution in [2.45, 2.75) is 6.92 Å². The monoisotopic (exact) mass is 316 g/mol. The first-order chi connectivity index (χ1) is 11.1. The van der Waals surface area contributed by atoms with E-state index in [-0.39, 0.29) is 12.4 Å². The van der Waals surface area contributed by atoms with E-state index >= 15 is 0 Å². The highest BCUT2D eigenvalue weighted by atomic mass is 16.6. The Morgan fingerprint density at radius 2 is 1.96 bits per heavy atom. The van der Waals surface area contributed by atoms with Crippen LogP contribution in [0.4, 0.5) is 0 Å². The van der Waals surface area contributed by atoms with Crippen molar-refractivity contribution in [1.82, 2.24) is 5.43 Å². The van der Waals surface area contributed by atoms with Gasteiger partial charge < -0.3 is 13.9 Å². The number of carbonyl (C=O) groups is 2. The maximum absolute atomic E-state index is 11.7. The normalized spacial score (nSPS) is 10.5. The molecule has 2 rings (SSSR count). The first-order valence-corrected chi connectivity index (χ1v) is 6.78. The Hall–Kier alpha value is -3.09. The highest BCUT2D eigenvalue weighted by molar-refractivity contribution is 5.92. The molecular weight excluding hydrogens is 300 g/mol. The molecule has 1 aromatic carbocycles. The van der Waals surface area contributed by atoms with Crippen molar-refractivity contribution in [3.63, 3.8) is 0 Å². The molecule has 0 aliphatic heterocycles. The zero-order valence-electron chi connectivity index (χ0n) is 12.7. The molecule has 0 unspecified atom stereocenters. The number of amides is 1. The number of methoxy groups -OCH3 is 1. The number of nitrogens with zero attached hydrogens (tertiary/aromatic N) is 1. The molecule has 7 nitrogen and oxygen atoms in total. The molecule has 0 saturated heterocycles. The third-order valence-corrected chi connectivity index (χ3v) is 2.81. The van der Waals surface area contributed by atoms with Gasteiger partial charge in [0.05, 0.1) is 13.3 Å². The number of aryl methyl sites for hydroxylation is 1. The lowest BCUT2D eigenvalue weighted by Crippen LogP contribution is -2.16. The van der Waals surface area contributed by atoms with Crippen LogP contribution in [0.25, 0.3) is 0 Å². The van der Waals surface area contributed by atoms with Gasteiger partial charge in [-0.3, -0.25) is 4.79 Å². The molecule has 0 atom stereocenters. The van der Waals surface area contributed by atoms with Crippen molar-refractivity contribution in [1.29, 1.82) is 0 Å². The largest absolute Gasteiger partial charge is 0.482 e. The lowest BCUT2D eigenvalue weighted by Gasteiger charge is -2.04. The average molecular weight is 316 g/mol. The molecule has 1 aromatic heterocycles. The van der Waals surface area contributed by atoms with Crippen molar-refractivity contribution < 1.29 is 23.5 Å². The van der Waals surface area contributed by atoms with E-state index in [0.29, 0.717) is 11.5 Å². The van der Waals surface area contributed by atoms with E-state index < -0.39 is 11.9 Å². The van der Waals surface area contributed by atoms with Crippen LogP contribution < -0.4 is 10.2 Å². The average Bonchev–Trinajstić information content (AvgIpc) is 3.00. The summed E-state index contributed by atoms with van der Waals surface area (Å²) in [6, 6.07) is 10.1. The standard InChI is InChI=1S/C16H16N2O5/c1-11-3-8-14(23-11)16(20)18-17-9-12-4-6-13(7-5-12)22-10-15(19)21-2/h3-9H,10H2,1-2H3,(H,18,20)/b17-9-. The minimum atomic E-state index is -0.452. The molecule has 2 aromatic rings. The fourth-order valence-corrected chi connectivity index (χ4v) is 1.63. The van der Waals surface area contributed by atoms with E-state index in [2.05, 4.69) is 15.3 Å². The predicted molar refractivity (Wildman–Crippen MR) is 82.5 cm³/mol. The first kappa shape index (κ1) is 16.3. The summed E-state index contributed by atoms with van der Waals surface area (Å²) in [4.78, 5) is 22.7. The third kappa shape index (κ3) is 4.99. The highest BCUT2D eigenvalue weighted by Crippen LogP contribution is 2.11. The van der Waals surface area contributed by atoms with Gasteiger partial charge in [0.1, 0.15) is 11.5 Å². The Bertz CT molecular complexity index is 704. The Morgan fingerprint density at radius 3 is 2.57 bits per heavy atom. The number of rotatable bonds is 6. The molecular formula is C16H16N2O5. The van der Waals surface area contributed by atoms with Crippen LogP contribution in [-0.4, -0.2) is 31.8 Å². The molecule has 120 valence electrons. The van der Waals surface area contributed by atoms with Crippen molar-refractivity contribution in [3.8, 4) is 5.75 Å². The number of hydrogen-bond acceptors (Lipinski definition) is 6. The summed E-state index contributed by atoms with van der Waals surface area (Å²) in [5, 5.41) is 3.84. The van der Waals surface area contributed by atoms with Crippen molar-refractivity contribution >= 4 is 18.1 Å². The topological polar surface area (TPSA) is 90.1 Å². The summed E-state index contributed by atoms with van der Waals surface area (Å²) in [6.45, 7) is 1.60. The quantitative estimate of drug-likeness (QED) is 0.499. The second-order valence-electron chi connectivity index (χ2n) is 4.54. The molecule has 0 bridgehead atoms. The molecule has 0 fully saturated rings. The number of ether oxygens (including phenoxy) is 2. The molecule has 0 aliphatic rings. The number of hydrazone groups is 1. The molecule has 0 aliphatic carbocycles. The summed E-state index contributed by atoms with van der Waals surface area (Å²) in [5.41, 5.74) is 3.12. The molecule has 1 N–H and O–H groups in total. The molecule has 1 amide bonds. The number of carbonyl (C=O) groups excluding carboxylic acids is 2. The molecule has 7 heteroatoms. The molecule has 23 heavy (non-hydrogen) atoms. The summed E-state index contributed by atoms with van der Waals surface area (Å²) in [7, 11) is 1.30. The number of esters is 1. The smallest absolute Gasteiger partial charge is 0.343 e. The van der Waals surface area contributed by atoms with Crippen molar-refractivity contribution in [2.75, 3.05) is 13.7 Å². The van der Waals surface area contributed by atoms with E-state index in [0.717, 1.165) is 5.56 Å². The van der Waals surface area contributed by atoms with Gasteiger partial charge in [0, 0.05) is 0 Å². The van der Waals surface area contributed by atoms with E-state index in [4.69, 9.17) is 9.15 Å². The van der Waals surface area contributed by atoms with Crippen LogP contribution in [0.3, 0.4) is 0 Å². The summed E-state index contributed by atoms with van der Waals surface area (Å²) in [6.07, 6.45) is 1.48. The van der Waals surface area contributed by atoms with Gasteiger partial charge in [0.25, 0.3) is 0 Å². The highest BCUT2D eigenvalue weighted by Gasteiger charge is 2.08.